The van der Waals surface area contributed by atoms with Crippen LogP contribution in [0.25, 0.3) is 0 Å². The molecule has 0 aromatic heterocycles. The summed E-state index contributed by atoms with van der Waals surface area (Å²) in [4.78, 5) is 25.0. The molecule has 2 amide bonds. The molecule has 3 rings (SSSR count). The number of nitrogens with one attached hydrogen (secondary N) is 2. The van der Waals surface area contributed by atoms with Gasteiger partial charge in [-0.25, -0.2) is 0 Å². The number of hydrogen-bond donors (Lipinski definition) is 2. The van der Waals surface area contributed by atoms with Crippen molar-refractivity contribution in [1.82, 2.24) is 0 Å². The van der Waals surface area contributed by atoms with Crippen molar-refractivity contribution in [2.24, 2.45) is 0 Å². The molecule has 0 spiro atoms. The predicted molar refractivity (Wildman–Crippen MR) is 96.0 cm³/mol. The van der Waals surface area contributed by atoms with E-state index in [-0.39, 0.29) is 11.8 Å². The molecule has 1 aliphatic heterocycles. The van der Waals surface area contributed by atoms with Crippen LogP contribution in [0, 0.1) is 0 Å². The summed E-state index contributed by atoms with van der Waals surface area (Å²) in [5.74, 6) is 0.758. The van der Waals surface area contributed by atoms with Crippen LogP contribution in [0.1, 0.15) is 23.7 Å². The lowest BCUT2D eigenvalue weighted by Gasteiger charge is -2.17. The first-order valence-electron chi connectivity index (χ1n) is 7.77. The maximum atomic E-state index is 12.5. The second-order valence-electron chi connectivity index (χ2n) is 5.35. The van der Waals surface area contributed by atoms with Crippen molar-refractivity contribution < 1.29 is 14.3 Å². The van der Waals surface area contributed by atoms with Crippen molar-refractivity contribution in [2.45, 2.75) is 18.2 Å². The molecule has 0 radical (unpaired) electrons. The lowest BCUT2D eigenvalue weighted by atomic mass is 10.1. The van der Waals surface area contributed by atoms with E-state index in [1.54, 1.807) is 18.2 Å². The number of carbonyl (C=O) groups is 2. The van der Waals surface area contributed by atoms with Crippen molar-refractivity contribution in [1.29, 1.82) is 0 Å². The Bertz CT molecular complexity index is 777. The van der Waals surface area contributed by atoms with Gasteiger partial charge < -0.3 is 15.4 Å². The Kier molecular flexibility index (Phi) is 5.05. The van der Waals surface area contributed by atoms with Gasteiger partial charge in [-0.3, -0.25) is 9.59 Å². The second-order valence-corrected chi connectivity index (χ2v) is 6.36. The smallest absolute Gasteiger partial charge is 0.255 e. The van der Waals surface area contributed by atoms with E-state index in [1.165, 1.54) is 11.8 Å². The first-order chi connectivity index (χ1) is 11.7. The summed E-state index contributed by atoms with van der Waals surface area (Å²) in [5.41, 5.74) is 1.80. The van der Waals surface area contributed by atoms with Gasteiger partial charge in [0.05, 0.1) is 23.7 Å². The molecular weight excluding hydrogens is 324 g/mol. The molecule has 6 heteroatoms. The van der Waals surface area contributed by atoms with Gasteiger partial charge >= 0.3 is 0 Å². The molecule has 1 aliphatic rings. The van der Waals surface area contributed by atoms with Crippen LogP contribution in [0.5, 0.6) is 5.75 Å². The maximum Gasteiger partial charge on any atom is 0.255 e. The number of carbonyl (C=O) groups excluding carboxylic acids is 2. The largest absolute Gasteiger partial charge is 0.491 e. The summed E-state index contributed by atoms with van der Waals surface area (Å²) in [7, 11) is 0. The molecule has 2 N–H and O–H groups in total. The second kappa shape index (κ2) is 7.40. The number of amides is 2. The minimum absolute atomic E-state index is 0.0524. The number of hydrogen-bond acceptors (Lipinski definition) is 4. The third kappa shape index (κ3) is 3.71. The molecule has 0 bridgehead atoms. The molecule has 0 unspecified atom stereocenters. The predicted octanol–water partition coefficient (Wildman–Crippen LogP) is 3.77. The Morgan fingerprint density at radius 2 is 2.12 bits per heavy atom. The monoisotopic (exact) mass is 342 g/mol. The highest BCUT2D eigenvalue weighted by atomic mass is 32.2. The zero-order chi connectivity index (χ0) is 16.9. The van der Waals surface area contributed by atoms with Gasteiger partial charge in [-0.05, 0) is 36.8 Å². The zero-order valence-corrected chi connectivity index (χ0v) is 14.1. The van der Waals surface area contributed by atoms with Crippen LogP contribution >= 0.6 is 11.8 Å². The maximum absolute atomic E-state index is 12.5. The molecule has 0 fully saturated rings. The van der Waals surface area contributed by atoms with Crippen LogP contribution in [0.4, 0.5) is 11.4 Å². The molecule has 124 valence electrons. The van der Waals surface area contributed by atoms with Crippen molar-refractivity contribution in [3.05, 3.63) is 48.0 Å². The molecule has 1 heterocycles. The van der Waals surface area contributed by atoms with Crippen molar-refractivity contribution in [3.8, 4) is 5.75 Å². The van der Waals surface area contributed by atoms with Crippen LogP contribution in [0.15, 0.2) is 47.4 Å². The SMILES string of the molecule is CCCOc1ccccc1NC(=O)c1ccc2c(c1)NC(=O)CS2. The first-order valence-corrected chi connectivity index (χ1v) is 8.76. The summed E-state index contributed by atoms with van der Waals surface area (Å²) in [6.45, 7) is 2.62. The number of rotatable bonds is 5. The molecular formula is C18H18N2O3S. The van der Waals surface area contributed by atoms with E-state index in [4.69, 9.17) is 4.74 Å². The summed E-state index contributed by atoms with van der Waals surface area (Å²) in [5, 5.41) is 5.66. The highest BCUT2D eigenvalue weighted by Crippen LogP contribution is 2.32. The van der Waals surface area contributed by atoms with Gasteiger partial charge in [-0.2, -0.15) is 0 Å². The first kappa shape index (κ1) is 16.4. The van der Waals surface area contributed by atoms with Crippen molar-refractivity contribution in [2.75, 3.05) is 23.0 Å². The van der Waals surface area contributed by atoms with E-state index in [0.29, 0.717) is 35.0 Å². The molecule has 2 aromatic carbocycles. The van der Waals surface area contributed by atoms with E-state index in [1.807, 2.05) is 31.2 Å². The molecule has 0 aliphatic carbocycles. The Morgan fingerprint density at radius 3 is 2.96 bits per heavy atom. The fourth-order valence-corrected chi connectivity index (χ4v) is 3.12. The number of para-hydroxylation sites is 2. The average molecular weight is 342 g/mol. The van der Waals surface area contributed by atoms with E-state index in [9.17, 15) is 9.59 Å². The lowest BCUT2D eigenvalue weighted by molar-refractivity contribution is -0.113. The van der Waals surface area contributed by atoms with Gasteiger partial charge in [0.15, 0.2) is 0 Å². The summed E-state index contributed by atoms with van der Waals surface area (Å²) >= 11 is 1.47. The van der Waals surface area contributed by atoms with Crippen LogP contribution in [-0.4, -0.2) is 24.2 Å². The van der Waals surface area contributed by atoms with Crippen molar-refractivity contribution in [3.63, 3.8) is 0 Å². The molecule has 24 heavy (non-hydrogen) atoms. The number of ether oxygens (including phenoxy) is 1. The molecule has 5 nitrogen and oxygen atoms in total. The fourth-order valence-electron chi connectivity index (χ4n) is 2.33. The number of thioether (sulfide) groups is 1. The van der Waals surface area contributed by atoms with E-state index < -0.39 is 0 Å². The van der Waals surface area contributed by atoms with Gasteiger partial charge in [0.25, 0.3) is 5.91 Å². The standard InChI is InChI=1S/C18H18N2O3S/c1-2-9-23-15-6-4-3-5-13(15)20-18(22)12-7-8-16-14(10-12)19-17(21)11-24-16/h3-8,10H,2,9,11H2,1H3,(H,19,21)(H,20,22). The van der Waals surface area contributed by atoms with E-state index in [0.717, 1.165) is 11.3 Å². The molecule has 2 aromatic rings. The zero-order valence-electron chi connectivity index (χ0n) is 13.3. The quantitative estimate of drug-likeness (QED) is 0.868. The minimum Gasteiger partial charge on any atom is -0.491 e. The Balaban J connectivity index is 1.78. The van der Waals surface area contributed by atoms with E-state index >= 15 is 0 Å². The van der Waals surface area contributed by atoms with Crippen LogP contribution in [0.2, 0.25) is 0 Å². The fraction of sp³-hybridized carbons (Fsp3) is 0.222. The van der Waals surface area contributed by atoms with Crippen LogP contribution in [0.3, 0.4) is 0 Å². The highest BCUT2D eigenvalue weighted by molar-refractivity contribution is 8.00. The third-order valence-corrected chi connectivity index (χ3v) is 4.55. The lowest BCUT2D eigenvalue weighted by Crippen LogP contribution is -2.20. The summed E-state index contributed by atoms with van der Waals surface area (Å²) in [6.07, 6.45) is 0.893. The number of fused-ring (bicyclic) bond motifs is 1. The Morgan fingerprint density at radius 1 is 1.29 bits per heavy atom. The topological polar surface area (TPSA) is 67.4 Å². The molecule has 0 saturated heterocycles. The third-order valence-electron chi connectivity index (χ3n) is 3.47. The number of anilines is 2. The normalized spacial score (nSPS) is 13.0. The molecule has 0 atom stereocenters. The van der Waals surface area contributed by atoms with Gasteiger partial charge in [-0.1, -0.05) is 19.1 Å². The summed E-state index contributed by atoms with van der Waals surface area (Å²) < 4.78 is 5.65. The average Bonchev–Trinajstić information content (AvgIpc) is 2.60. The van der Waals surface area contributed by atoms with Crippen LogP contribution < -0.4 is 15.4 Å². The Hall–Kier alpha value is -2.47. The molecule has 0 saturated carbocycles. The summed E-state index contributed by atoms with van der Waals surface area (Å²) in [6, 6.07) is 12.7. The van der Waals surface area contributed by atoms with Gasteiger partial charge in [-0.15, -0.1) is 11.8 Å². The Labute approximate surface area is 144 Å². The van der Waals surface area contributed by atoms with Crippen LogP contribution in [-0.2, 0) is 4.79 Å². The van der Waals surface area contributed by atoms with Gasteiger partial charge in [0.2, 0.25) is 5.91 Å². The van der Waals surface area contributed by atoms with Gasteiger partial charge in [0, 0.05) is 10.5 Å². The van der Waals surface area contributed by atoms with E-state index in [2.05, 4.69) is 10.6 Å². The van der Waals surface area contributed by atoms with Crippen molar-refractivity contribution >= 4 is 35.0 Å². The number of benzene rings is 2. The minimum atomic E-state index is -0.241. The van der Waals surface area contributed by atoms with Gasteiger partial charge in [0.1, 0.15) is 5.75 Å². The highest BCUT2D eigenvalue weighted by Gasteiger charge is 2.18.